The van der Waals surface area contributed by atoms with Gasteiger partial charge in [-0.25, -0.2) is 14.9 Å². The molecule has 8 heteroatoms. The van der Waals surface area contributed by atoms with Gasteiger partial charge in [0.25, 0.3) is 0 Å². The fourth-order valence-electron chi connectivity index (χ4n) is 2.97. The van der Waals surface area contributed by atoms with E-state index in [1.807, 2.05) is 30.3 Å². The minimum absolute atomic E-state index is 0.269. The lowest BCUT2D eigenvalue weighted by atomic mass is 10.1. The smallest absolute Gasteiger partial charge is 0.426 e. The molecule has 1 fully saturated rings. The second-order valence-corrected chi connectivity index (χ2v) is 6.03. The van der Waals surface area contributed by atoms with Crippen LogP contribution in [0.2, 0.25) is 5.02 Å². The zero-order valence-electron chi connectivity index (χ0n) is 14.8. The number of benzene rings is 1. The Morgan fingerprint density at radius 3 is 2.58 bits per heavy atom. The Hall–Kier alpha value is -2.38. The standard InChI is InChI=1S/C18H22ClN3O4/c1-3-26-18(23)20-22-15(13-7-5-4-6-8-13)14(19)16(24-2)17(22)21-9-11-25-12-10-21/h4-8H,3,9-12H2,1-2H3,(H,20,23). The molecule has 0 atom stereocenters. The lowest BCUT2D eigenvalue weighted by Gasteiger charge is -2.30. The SMILES string of the molecule is CCOC(=O)Nn1c(-c2ccccc2)c(Cl)c(OC)c1N1CCOCC1. The summed E-state index contributed by atoms with van der Waals surface area (Å²) in [7, 11) is 1.56. The third-order valence-corrected chi connectivity index (χ3v) is 4.44. The fraction of sp³-hybridized carbons (Fsp3) is 0.389. The van der Waals surface area contributed by atoms with Gasteiger partial charge in [0.15, 0.2) is 11.6 Å². The number of nitrogens with zero attached hydrogens (tertiary/aromatic N) is 2. The van der Waals surface area contributed by atoms with E-state index in [4.69, 9.17) is 25.8 Å². The van der Waals surface area contributed by atoms with E-state index < -0.39 is 6.09 Å². The lowest BCUT2D eigenvalue weighted by molar-refractivity contribution is 0.122. The minimum atomic E-state index is -0.562. The lowest BCUT2D eigenvalue weighted by Crippen LogP contribution is -2.39. The number of amides is 1. The predicted molar refractivity (Wildman–Crippen MR) is 101 cm³/mol. The van der Waals surface area contributed by atoms with Crippen LogP contribution in [0.4, 0.5) is 10.6 Å². The predicted octanol–water partition coefficient (Wildman–Crippen LogP) is 3.35. The van der Waals surface area contributed by atoms with Crippen LogP contribution < -0.4 is 15.1 Å². The maximum Gasteiger partial charge on any atom is 0.426 e. The fourth-order valence-corrected chi connectivity index (χ4v) is 3.32. The monoisotopic (exact) mass is 379 g/mol. The van der Waals surface area contributed by atoms with Crippen molar-refractivity contribution in [3.05, 3.63) is 35.4 Å². The van der Waals surface area contributed by atoms with Crippen LogP contribution in [-0.2, 0) is 9.47 Å². The first-order valence-electron chi connectivity index (χ1n) is 8.47. The summed E-state index contributed by atoms with van der Waals surface area (Å²) >= 11 is 6.65. The highest BCUT2D eigenvalue weighted by Gasteiger charge is 2.29. The van der Waals surface area contributed by atoms with Crippen LogP contribution in [0.3, 0.4) is 0 Å². The summed E-state index contributed by atoms with van der Waals surface area (Å²) < 4.78 is 17.7. The van der Waals surface area contributed by atoms with Crippen molar-refractivity contribution in [1.82, 2.24) is 4.68 Å². The summed E-state index contributed by atoms with van der Waals surface area (Å²) in [5.41, 5.74) is 4.27. The molecule has 1 aromatic carbocycles. The van der Waals surface area contributed by atoms with Crippen LogP contribution in [0, 0.1) is 0 Å². The first-order chi connectivity index (χ1) is 12.7. The third kappa shape index (κ3) is 3.59. The molecule has 0 spiro atoms. The van der Waals surface area contributed by atoms with E-state index in [-0.39, 0.29) is 6.61 Å². The zero-order chi connectivity index (χ0) is 18.5. The molecule has 1 saturated heterocycles. The average Bonchev–Trinajstić information content (AvgIpc) is 2.94. The molecule has 1 amide bonds. The molecule has 0 radical (unpaired) electrons. The Kier molecular flexibility index (Phi) is 5.90. The molecule has 0 bridgehead atoms. The molecule has 7 nitrogen and oxygen atoms in total. The molecule has 0 aliphatic carbocycles. The highest BCUT2D eigenvalue weighted by molar-refractivity contribution is 6.35. The number of halogens is 1. The minimum Gasteiger partial charge on any atom is -0.491 e. The largest absolute Gasteiger partial charge is 0.491 e. The van der Waals surface area contributed by atoms with Gasteiger partial charge in [0.2, 0.25) is 0 Å². The van der Waals surface area contributed by atoms with E-state index in [0.717, 1.165) is 5.56 Å². The summed E-state index contributed by atoms with van der Waals surface area (Å²) in [5, 5.41) is 0.428. The van der Waals surface area contributed by atoms with E-state index in [2.05, 4.69) is 10.3 Å². The highest BCUT2D eigenvalue weighted by Crippen LogP contribution is 2.45. The van der Waals surface area contributed by atoms with Gasteiger partial charge in [-0.1, -0.05) is 41.9 Å². The quantitative estimate of drug-likeness (QED) is 0.863. The molecular formula is C18H22ClN3O4. The molecule has 1 aliphatic heterocycles. The van der Waals surface area contributed by atoms with Gasteiger partial charge >= 0.3 is 6.09 Å². The summed E-state index contributed by atoms with van der Waals surface area (Å²) in [6.07, 6.45) is -0.562. The molecule has 2 heterocycles. The van der Waals surface area contributed by atoms with E-state index >= 15 is 0 Å². The Morgan fingerprint density at radius 1 is 1.27 bits per heavy atom. The van der Waals surface area contributed by atoms with Gasteiger partial charge in [-0.2, -0.15) is 0 Å². The third-order valence-electron chi connectivity index (χ3n) is 4.09. The average molecular weight is 380 g/mol. The molecule has 2 aromatic rings. The first kappa shape index (κ1) is 18.4. The maximum atomic E-state index is 12.2. The second kappa shape index (κ2) is 8.33. The van der Waals surface area contributed by atoms with Crippen molar-refractivity contribution in [2.75, 3.05) is 50.3 Å². The van der Waals surface area contributed by atoms with Crippen LogP contribution in [0.5, 0.6) is 5.75 Å². The molecule has 3 rings (SSSR count). The Morgan fingerprint density at radius 2 is 1.96 bits per heavy atom. The Labute approximate surface area is 157 Å². The van der Waals surface area contributed by atoms with Gasteiger partial charge in [-0.05, 0) is 6.92 Å². The number of ether oxygens (including phenoxy) is 3. The van der Waals surface area contributed by atoms with E-state index in [9.17, 15) is 4.79 Å². The number of anilines is 1. The summed E-state index contributed by atoms with van der Waals surface area (Å²) in [6.45, 7) is 4.53. The number of methoxy groups -OCH3 is 1. The van der Waals surface area contributed by atoms with Gasteiger partial charge in [0.1, 0.15) is 5.02 Å². The normalized spacial score (nSPS) is 14.2. The van der Waals surface area contributed by atoms with E-state index in [1.165, 1.54) is 0 Å². The number of carbonyl (C=O) groups is 1. The van der Waals surface area contributed by atoms with Crippen molar-refractivity contribution >= 4 is 23.5 Å². The molecule has 1 N–H and O–H groups in total. The van der Waals surface area contributed by atoms with Crippen LogP contribution >= 0.6 is 11.6 Å². The topological polar surface area (TPSA) is 65.0 Å². The molecular weight excluding hydrogens is 358 g/mol. The Bertz CT molecular complexity index is 758. The number of carbonyl (C=O) groups excluding carboxylic acids is 1. The molecule has 0 unspecified atom stereocenters. The zero-order valence-corrected chi connectivity index (χ0v) is 15.6. The van der Waals surface area contributed by atoms with E-state index in [1.54, 1.807) is 18.7 Å². The van der Waals surface area contributed by atoms with Crippen LogP contribution in [-0.4, -0.2) is 50.8 Å². The molecule has 1 aromatic heterocycles. The van der Waals surface area contributed by atoms with E-state index in [0.29, 0.717) is 48.6 Å². The van der Waals surface area contributed by atoms with Crippen molar-refractivity contribution in [3.8, 4) is 17.0 Å². The molecule has 0 saturated carbocycles. The molecule has 140 valence electrons. The molecule has 26 heavy (non-hydrogen) atoms. The van der Waals surface area contributed by atoms with Crippen molar-refractivity contribution in [2.45, 2.75) is 6.92 Å². The van der Waals surface area contributed by atoms with Crippen molar-refractivity contribution < 1.29 is 19.0 Å². The number of hydrogen-bond donors (Lipinski definition) is 1. The Balaban J connectivity index is 2.15. The van der Waals surface area contributed by atoms with Crippen molar-refractivity contribution in [1.29, 1.82) is 0 Å². The van der Waals surface area contributed by atoms with Gasteiger partial charge in [0, 0.05) is 18.7 Å². The van der Waals surface area contributed by atoms with Crippen molar-refractivity contribution in [2.24, 2.45) is 0 Å². The van der Waals surface area contributed by atoms with Crippen LogP contribution in [0.25, 0.3) is 11.3 Å². The summed E-state index contributed by atoms with van der Waals surface area (Å²) in [5.74, 6) is 1.18. The van der Waals surface area contributed by atoms with Crippen molar-refractivity contribution in [3.63, 3.8) is 0 Å². The van der Waals surface area contributed by atoms with Gasteiger partial charge in [-0.3, -0.25) is 0 Å². The second-order valence-electron chi connectivity index (χ2n) is 5.65. The van der Waals surface area contributed by atoms with Gasteiger partial charge < -0.3 is 19.1 Å². The first-order valence-corrected chi connectivity index (χ1v) is 8.85. The number of rotatable bonds is 5. The molecule has 1 aliphatic rings. The van der Waals surface area contributed by atoms with Gasteiger partial charge in [0.05, 0.1) is 32.6 Å². The number of aromatic nitrogens is 1. The highest BCUT2D eigenvalue weighted by atomic mass is 35.5. The summed E-state index contributed by atoms with van der Waals surface area (Å²) in [4.78, 5) is 14.2. The summed E-state index contributed by atoms with van der Waals surface area (Å²) in [6, 6.07) is 9.59. The van der Waals surface area contributed by atoms with Crippen LogP contribution in [0.1, 0.15) is 6.92 Å². The van der Waals surface area contributed by atoms with Crippen LogP contribution in [0.15, 0.2) is 30.3 Å². The number of morpholine rings is 1. The maximum absolute atomic E-state index is 12.2. The van der Waals surface area contributed by atoms with Gasteiger partial charge in [-0.15, -0.1) is 0 Å². The number of hydrogen-bond acceptors (Lipinski definition) is 5. The number of nitrogens with one attached hydrogen (secondary N) is 1.